The molecule has 0 saturated heterocycles. The molecule has 0 amide bonds. The van der Waals surface area contributed by atoms with E-state index in [9.17, 15) is 8.42 Å². The van der Waals surface area contributed by atoms with E-state index in [0.717, 1.165) is 5.69 Å². The summed E-state index contributed by atoms with van der Waals surface area (Å²) in [5, 5.41) is 7.91. The molecule has 1 aromatic carbocycles. The Morgan fingerprint density at radius 1 is 1.43 bits per heavy atom. The number of nitrogens with one attached hydrogen (secondary N) is 1. The maximum absolute atomic E-state index is 11.0. The Balaban J connectivity index is 2.30. The molecule has 1 aromatic rings. The molecule has 3 N–H and O–H groups in total. The van der Waals surface area contributed by atoms with Gasteiger partial charge in [0, 0.05) is 0 Å². The topological polar surface area (TPSA) is 81.4 Å². The number of benzene rings is 1. The van der Waals surface area contributed by atoms with Gasteiger partial charge in [-0.25, -0.2) is 13.6 Å². The first-order valence-corrected chi connectivity index (χ1v) is 5.69. The molecule has 5 nitrogen and oxygen atoms in total. The van der Waals surface area contributed by atoms with Crippen LogP contribution in [0.15, 0.2) is 24.3 Å². The van der Waals surface area contributed by atoms with E-state index in [1.165, 1.54) is 0 Å². The lowest BCUT2D eigenvalue weighted by molar-refractivity contribution is 0.276. The zero-order valence-corrected chi connectivity index (χ0v) is 8.12. The Hall–Kier alpha value is -1.27. The van der Waals surface area contributed by atoms with Crippen LogP contribution in [0.2, 0.25) is 0 Å². The minimum atomic E-state index is -3.65. The minimum absolute atomic E-state index is 0.176. The van der Waals surface area contributed by atoms with Crippen molar-refractivity contribution in [1.29, 1.82) is 0 Å². The normalized spacial score (nSPS) is 20.5. The lowest BCUT2D eigenvalue weighted by atomic mass is 10.2. The van der Waals surface area contributed by atoms with Crippen LogP contribution in [0.4, 0.5) is 5.69 Å². The number of rotatable bonds is 1. The molecule has 76 valence electrons. The van der Waals surface area contributed by atoms with E-state index >= 15 is 0 Å². The smallest absolute Gasteiger partial charge is 0.249 e. The van der Waals surface area contributed by atoms with Crippen molar-refractivity contribution >= 4 is 15.7 Å². The standard InChI is InChI=1S/C8H10N2O3S/c9-14(11,12)8-5-10-6-3-1-2-4-7(6)13-8/h1-4,8,10H,5H2,(H2,9,11,12). The summed E-state index contributed by atoms with van der Waals surface area (Å²) in [6, 6.07) is 7.12. The molecule has 1 aliphatic rings. The third kappa shape index (κ3) is 1.66. The number of para-hydroxylation sites is 2. The van der Waals surface area contributed by atoms with Gasteiger partial charge in [-0.05, 0) is 12.1 Å². The maximum Gasteiger partial charge on any atom is 0.249 e. The summed E-state index contributed by atoms with van der Waals surface area (Å²) in [6.45, 7) is 0.176. The number of fused-ring (bicyclic) bond motifs is 1. The van der Waals surface area contributed by atoms with Gasteiger partial charge in [0.2, 0.25) is 15.5 Å². The highest BCUT2D eigenvalue weighted by molar-refractivity contribution is 7.89. The summed E-state index contributed by atoms with van der Waals surface area (Å²) in [4.78, 5) is 0. The molecule has 1 heterocycles. The van der Waals surface area contributed by atoms with E-state index in [2.05, 4.69) is 5.32 Å². The quantitative estimate of drug-likeness (QED) is 0.695. The van der Waals surface area contributed by atoms with Crippen molar-refractivity contribution in [2.24, 2.45) is 5.14 Å². The van der Waals surface area contributed by atoms with Crippen LogP contribution < -0.4 is 15.2 Å². The van der Waals surface area contributed by atoms with Gasteiger partial charge in [-0.15, -0.1) is 0 Å². The van der Waals surface area contributed by atoms with Crippen LogP contribution in [0.5, 0.6) is 5.75 Å². The van der Waals surface area contributed by atoms with Gasteiger partial charge in [-0.1, -0.05) is 12.1 Å². The molecule has 0 aliphatic carbocycles. The summed E-state index contributed by atoms with van der Waals surface area (Å²) >= 11 is 0. The molecule has 6 heteroatoms. The largest absolute Gasteiger partial charge is 0.469 e. The predicted octanol–water partition coefficient (Wildman–Crippen LogP) is 0.105. The molecule has 0 spiro atoms. The first kappa shape index (κ1) is 9.29. The van der Waals surface area contributed by atoms with Gasteiger partial charge >= 0.3 is 0 Å². The van der Waals surface area contributed by atoms with Crippen molar-refractivity contribution in [2.75, 3.05) is 11.9 Å². The highest BCUT2D eigenvalue weighted by atomic mass is 32.2. The fraction of sp³-hybridized carbons (Fsp3) is 0.250. The first-order chi connectivity index (χ1) is 6.57. The van der Waals surface area contributed by atoms with E-state index in [-0.39, 0.29) is 6.54 Å². The molecule has 0 fully saturated rings. The van der Waals surface area contributed by atoms with Gasteiger partial charge in [0.05, 0.1) is 12.2 Å². The molecule has 2 rings (SSSR count). The highest BCUT2D eigenvalue weighted by Gasteiger charge is 2.27. The second-order valence-corrected chi connectivity index (χ2v) is 4.72. The number of primary sulfonamides is 1. The summed E-state index contributed by atoms with van der Waals surface area (Å²) in [5.74, 6) is 0.512. The number of hydrogen-bond acceptors (Lipinski definition) is 4. The molecule has 0 radical (unpaired) electrons. The third-order valence-corrected chi connectivity index (χ3v) is 2.97. The van der Waals surface area contributed by atoms with Crippen molar-refractivity contribution in [3.05, 3.63) is 24.3 Å². The van der Waals surface area contributed by atoms with Crippen LogP contribution in [0.1, 0.15) is 0 Å². The molecular weight excluding hydrogens is 204 g/mol. The first-order valence-electron chi connectivity index (χ1n) is 4.08. The minimum Gasteiger partial charge on any atom is -0.469 e. The average molecular weight is 214 g/mol. The molecule has 1 unspecified atom stereocenters. The third-order valence-electron chi connectivity index (χ3n) is 1.97. The van der Waals surface area contributed by atoms with Crippen molar-refractivity contribution in [2.45, 2.75) is 5.44 Å². The van der Waals surface area contributed by atoms with Gasteiger partial charge in [0.25, 0.3) is 0 Å². The number of nitrogens with two attached hydrogens (primary N) is 1. The second-order valence-electron chi connectivity index (χ2n) is 3.01. The monoisotopic (exact) mass is 214 g/mol. The summed E-state index contributed by atoms with van der Waals surface area (Å²) in [7, 11) is -3.65. The second kappa shape index (κ2) is 3.14. The van der Waals surface area contributed by atoms with Gasteiger partial charge < -0.3 is 10.1 Å². The van der Waals surface area contributed by atoms with E-state index in [1.807, 2.05) is 12.1 Å². The van der Waals surface area contributed by atoms with Crippen LogP contribution in [0.3, 0.4) is 0 Å². The summed E-state index contributed by atoms with van der Waals surface area (Å²) in [5.41, 5.74) is -0.218. The Labute approximate surface area is 81.9 Å². The SMILES string of the molecule is NS(=O)(=O)C1CNc2ccccc2O1. The van der Waals surface area contributed by atoms with Crippen LogP contribution in [0.25, 0.3) is 0 Å². The molecule has 0 saturated carbocycles. The lowest BCUT2D eigenvalue weighted by Gasteiger charge is -2.25. The van der Waals surface area contributed by atoms with Crippen LogP contribution in [0, 0.1) is 0 Å². The van der Waals surface area contributed by atoms with E-state index < -0.39 is 15.5 Å². The Bertz CT molecular complexity index is 444. The lowest BCUT2D eigenvalue weighted by Crippen LogP contribution is -2.41. The zero-order valence-electron chi connectivity index (χ0n) is 7.30. The molecule has 0 aromatic heterocycles. The van der Waals surface area contributed by atoms with E-state index in [4.69, 9.17) is 9.88 Å². The zero-order chi connectivity index (χ0) is 10.2. The molecule has 0 bridgehead atoms. The van der Waals surface area contributed by atoms with Crippen molar-refractivity contribution in [1.82, 2.24) is 0 Å². The van der Waals surface area contributed by atoms with Gasteiger partial charge in [0.1, 0.15) is 5.75 Å². The Morgan fingerprint density at radius 3 is 2.86 bits per heavy atom. The van der Waals surface area contributed by atoms with Gasteiger partial charge in [-0.2, -0.15) is 0 Å². The number of sulfonamides is 1. The van der Waals surface area contributed by atoms with Crippen molar-refractivity contribution in [3.8, 4) is 5.75 Å². The summed E-state index contributed by atoms with van der Waals surface area (Å²) < 4.78 is 27.2. The molecular formula is C8H10N2O3S. The van der Waals surface area contributed by atoms with Crippen molar-refractivity contribution in [3.63, 3.8) is 0 Å². The van der Waals surface area contributed by atoms with E-state index in [1.54, 1.807) is 12.1 Å². The predicted molar refractivity (Wildman–Crippen MR) is 52.5 cm³/mol. The Morgan fingerprint density at radius 2 is 2.14 bits per heavy atom. The number of ether oxygens (including phenoxy) is 1. The maximum atomic E-state index is 11.0. The number of hydrogen-bond donors (Lipinski definition) is 2. The fourth-order valence-corrected chi connectivity index (χ4v) is 1.83. The van der Waals surface area contributed by atoms with Crippen LogP contribution in [-0.2, 0) is 10.0 Å². The van der Waals surface area contributed by atoms with Gasteiger partial charge in [0.15, 0.2) is 0 Å². The Kier molecular flexibility index (Phi) is 2.09. The fourth-order valence-electron chi connectivity index (χ4n) is 1.28. The average Bonchev–Trinajstić information content (AvgIpc) is 2.16. The van der Waals surface area contributed by atoms with Crippen LogP contribution >= 0.6 is 0 Å². The molecule has 14 heavy (non-hydrogen) atoms. The summed E-state index contributed by atoms with van der Waals surface area (Å²) in [6.07, 6.45) is 0. The van der Waals surface area contributed by atoms with Crippen LogP contribution in [-0.4, -0.2) is 20.4 Å². The van der Waals surface area contributed by atoms with Gasteiger partial charge in [-0.3, -0.25) is 0 Å². The van der Waals surface area contributed by atoms with Crippen molar-refractivity contribution < 1.29 is 13.2 Å². The van der Waals surface area contributed by atoms with E-state index in [0.29, 0.717) is 5.75 Å². The number of anilines is 1. The molecule has 1 aliphatic heterocycles. The highest BCUT2D eigenvalue weighted by Crippen LogP contribution is 2.28. The molecule has 1 atom stereocenters.